The number of rotatable bonds is 10. The Kier molecular flexibility index (Phi) is 8.33. The lowest BCUT2D eigenvalue weighted by Crippen LogP contribution is -2.14. The third-order valence-corrected chi connectivity index (χ3v) is 5.10. The topological polar surface area (TPSA) is 116 Å². The number of carbonyl (C=O) groups is 1. The van der Waals surface area contributed by atoms with Crippen molar-refractivity contribution in [2.24, 2.45) is 0 Å². The van der Waals surface area contributed by atoms with Crippen LogP contribution >= 0.6 is 0 Å². The summed E-state index contributed by atoms with van der Waals surface area (Å²) >= 11 is 0. The van der Waals surface area contributed by atoms with Crippen molar-refractivity contribution in [2.75, 3.05) is 28.4 Å². The lowest BCUT2D eigenvalue weighted by Gasteiger charge is -2.14. The molecule has 0 amide bonds. The van der Waals surface area contributed by atoms with Gasteiger partial charge in [-0.15, -0.1) is 0 Å². The number of methoxy groups -OCH3 is 4. The van der Waals surface area contributed by atoms with Crippen LogP contribution in [0.3, 0.4) is 0 Å². The van der Waals surface area contributed by atoms with E-state index in [0.29, 0.717) is 35.8 Å². The summed E-state index contributed by atoms with van der Waals surface area (Å²) in [6.45, 7) is 0. The van der Waals surface area contributed by atoms with E-state index in [-0.39, 0.29) is 17.2 Å². The summed E-state index contributed by atoms with van der Waals surface area (Å²) in [5.41, 5.74) is 1.74. The van der Waals surface area contributed by atoms with E-state index in [1.54, 1.807) is 33.5 Å². The highest BCUT2D eigenvalue weighted by Crippen LogP contribution is 2.38. The fourth-order valence-corrected chi connectivity index (χ4v) is 3.37. The summed E-state index contributed by atoms with van der Waals surface area (Å²) in [5.74, 6) is 2.29. The Morgan fingerprint density at radius 1 is 0.714 bits per heavy atom. The molecule has 0 saturated carbocycles. The molecule has 0 radical (unpaired) electrons. The van der Waals surface area contributed by atoms with Gasteiger partial charge in [-0.3, -0.25) is 10.1 Å². The van der Waals surface area contributed by atoms with Crippen LogP contribution in [0.25, 0.3) is 0 Å². The molecule has 35 heavy (non-hydrogen) atoms. The molecular formula is C25H25NO9. The molecule has 0 aliphatic carbocycles. The van der Waals surface area contributed by atoms with Crippen molar-refractivity contribution in [3.05, 3.63) is 75.8 Å². The lowest BCUT2D eigenvalue weighted by molar-refractivity contribution is -0.384. The Bertz CT molecular complexity index is 1170. The van der Waals surface area contributed by atoms with Gasteiger partial charge in [-0.1, -0.05) is 6.07 Å². The number of benzene rings is 3. The first-order valence-electron chi connectivity index (χ1n) is 10.5. The number of aryl methyl sites for hydroxylation is 2. The van der Waals surface area contributed by atoms with Crippen molar-refractivity contribution in [3.8, 4) is 34.5 Å². The molecule has 0 atom stereocenters. The Morgan fingerprint density at radius 2 is 1.29 bits per heavy atom. The van der Waals surface area contributed by atoms with Gasteiger partial charge in [0.15, 0.2) is 23.0 Å². The molecule has 3 aromatic rings. The molecule has 0 aliphatic heterocycles. The SMILES string of the molecule is COc1ccc(CCc2cc(OC)c(OC)c(OC)c2)cc1OC(=O)Oc1ccc([N+](=O)[O-])cc1. The summed E-state index contributed by atoms with van der Waals surface area (Å²) in [5, 5.41) is 10.8. The van der Waals surface area contributed by atoms with Gasteiger partial charge in [-0.25, -0.2) is 4.79 Å². The second-order valence-corrected chi connectivity index (χ2v) is 7.22. The second kappa shape index (κ2) is 11.6. The molecule has 0 spiro atoms. The smallest absolute Gasteiger partial charge is 0.493 e. The minimum atomic E-state index is -1.00. The zero-order chi connectivity index (χ0) is 25.4. The highest BCUT2D eigenvalue weighted by Gasteiger charge is 2.16. The van der Waals surface area contributed by atoms with E-state index in [9.17, 15) is 14.9 Å². The minimum absolute atomic E-state index is 0.109. The average Bonchev–Trinajstić information content (AvgIpc) is 2.87. The zero-order valence-corrected chi connectivity index (χ0v) is 19.7. The van der Waals surface area contributed by atoms with Crippen molar-refractivity contribution in [1.29, 1.82) is 0 Å². The highest BCUT2D eigenvalue weighted by atomic mass is 16.7. The lowest BCUT2D eigenvalue weighted by atomic mass is 10.0. The normalized spacial score (nSPS) is 10.3. The van der Waals surface area contributed by atoms with Crippen molar-refractivity contribution in [3.63, 3.8) is 0 Å². The molecule has 0 aromatic heterocycles. The first-order valence-corrected chi connectivity index (χ1v) is 10.5. The van der Waals surface area contributed by atoms with E-state index >= 15 is 0 Å². The second-order valence-electron chi connectivity index (χ2n) is 7.22. The van der Waals surface area contributed by atoms with Gasteiger partial charge in [0.25, 0.3) is 5.69 Å². The van der Waals surface area contributed by atoms with Crippen LogP contribution in [0.4, 0.5) is 10.5 Å². The van der Waals surface area contributed by atoms with Gasteiger partial charge < -0.3 is 28.4 Å². The summed E-state index contributed by atoms with van der Waals surface area (Å²) in [4.78, 5) is 22.5. The number of ether oxygens (including phenoxy) is 6. The molecule has 0 bridgehead atoms. The predicted octanol–water partition coefficient (Wildman–Crippen LogP) is 4.99. The van der Waals surface area contributed by atoms with Gasteiger partial charge >= 0.3 is 6.16 Å². The first-order chi connectivity index (χ1) is 16.9. The molecule has 184 valence electrons. The number of hydrogen-bond donors (Lipinski definition) is 0. The summed E-state index contributed by atoms with van der Waals surface area (Å²) in [7, 11) is 6.12. The van der Waals surface area contributed by atoms with Gasteiger partial charge in [-0.05, 0) is 60.4 Å². The monoisotopic (exact) mass is 483 g/mol. The third-order valence-electron chi connectivity index (χ3n) is 5.10. The van der Waals surface area contributed by atoms with Gasteiger partial charge in [0.05, 0.1) is 33.4 Å². The van der Waals surface area contributed by atoms with Crippen LogP contribution < -0.4 is 28.4 Å². The molecule has 0 heterocycles. The minimum Gasteiger partial charge on any atom is -0.493 e. The number of nitrogens with zero attached hydrogens (tertiary/aromatic N) is 1. The van der Waals surface area contributed by atoms with Crippen LogP contribution in [0.15, 0.2) is 54.6 Å². The van der Waals surface area contributed by atoms with Crippen LogP contribution in [0, 0.1) is 10.1 Å². The van der Waals surface area contributed by atoms with E-state index in [1.165, 1.54) is 31.4 Å². The Balaban J connectivity index is 1.71. The van der Waals surface area contributed by atoms with Gasteiger partial charge in [0.1, 0.15) is 5.75 Å². The van der Waals surface area contributed by atoms with Crippen LogP contribution in [-0.4, -0.2) is 39.5 Å². The molecular weight excluding hydrogens is 458 g/mol. The maximum Gasteiger partial charge on any atom is 0.519 e. The summed E-state index contributed by atoms with van der Waals surface area (Å²) in [6, 6.07) is 14.1. The van der Waals surface area contributed by atoms with Gasteiger partial charge in [0.2, 0.25) is 5.75 Å². The van der Waals surface area contributed by atoms with E-state index in [4.69, 9.17) is 28.4 Å². The highest BCUT2D eigenvalue weighted by molar-refractivity contribution is 5.68. The molecule has 10 heteroatoms. The van der Waals surface area contributed by atoms with Crippen LogP contribution in [0.5, 0.6) is 34.5 Å². The third kappa shape index (κ3) is 6.32. The maximum absolute atomic E-state index is 12.3. The molecule has 0 N–H and O–H groups in total. The number of nitro benzene ring substituents is 1. The quantitative estimate of drug-likeness (QED) is 0.170. The Hall–Kier alpha value is -4.47. The van der Waals surface area contributed by atoms with Crippen LogP contribution in [-0.2, 0) is 12.8 Å². The van der Waals surface area contributed by atoms with Gasteiger partial charge in [-0.2, -0.15) is 0 Å². The predicted molar refractivity (Wildman–Crippen MR) is 126 cm³/mol. The van der Waals surface area contributed by atoms with E-state index < -0.39 is 11.1 Å². The molecule has 10 nitrogen and oxygen atoms in total. The van der Waals surface area contributed by atoms with E-state index in [0.717, 1.165) is 11.1 Å². The summed E-state index contributed by atoms with van der Waals surface area (Å²) in [6.07, 6.45) is 0.269. The van der Waals surface area contributed by atoms with Crippen molar-refractivity contribution in [2.45, 2.75) is 12.8 Å². The van der Waals surface area contributed by atoms with E-state index in [1.807, 2.05) is 18.2 Å². The molecule has 0 fully saturated rings. The number of carbonyl (C=O) groups excluding carboxylic acids is 1. The molecule has 3 aromatic carbocycles. The Morgan fingerprint density at radius 3 is 1.83 bits per heavy atom. The molecule has 0 aliphatic rings. The largest absolute Gasteiger partial charge is 0.519 e. The van der Waals surface area contributed by atoms with Crippen LogP contribution in [0.2, 0.25) is 0 Å². The average molecular weight is 483 g/mol. The van der Waals surface area contributed by atoms with Gasteiger partial charge in [0, 0.05) is 12.1 Å². The molecule has 3 rings (SSSR count). The standard InChI is InChI=1S/C25H25NO9/c1-30-20-12-7-16(5-6-17-14-22(31-2)24(33-4)23(15-17)32-3)13-21(20)35-25(27)34-19-10-8-18(9-11-19)26(28)29/h7-15H,5-6H2,1-4H3. The Labute approximate surface area is 202 Å². The molecule has 0 saturated heterocycles. The fourth-order valence-electron chi connectivity index (χ4n) is 3.37. The number of nitro groups is 1. The van der Waals surface area contributed by atoms with E-state index in [2.05, 4.69) is 0 Å². The van der Waals surface area contributed by atoms with Crippen molar-refractivity contribution < 1.29 is 38.1 Å². The maximum atomic E-state index is 12.3. The molecule has 0 unspecified atom stereocenters. The van der Waals surface area contributed by atoms with Crippen LogP contribution in [0.1, 0.15) is 11.1 Å². The number of hydrogen-bond acceptors (Lipinski definition) is 9. The fraction of sp³-hybridized carbons (Fsp3) is 0.240. The number of non-ortho nitro benzene ring substituents is 1. The summed E-state index contributed by atoms with van der Waals surface area (Å²) < 4.78 is 31.9. The van der Waals surface area contributed by atoms with Crippen molar-refractivity contribution in [1.82, 2.24) is 0 Å². The zero-order valence-electron chi connectivity index (χ0n) is 19.7. The van der Waals surface area contributed by atoms with Crippen molar-refractivity contribution >= 4 is 11.8 Å². The first kappa shape index (κ1) is 25.2.